The van der Waals surface area contributed by atoms with E-state index in [9.17, 15) is 0 Å². The summed E-state index contributed by atoms with van der Waals surface area (Å²) in [5.74, 6) is 0. The molecule has 0 aromatic carbocycles. The third-order valence-corrected chi connectivity index (χ3v) is 1.38. The Balaban J connectivity index is 2.38. The maximum absolute atomic E-state index is 7.29. The highest BCUT2D eigenvalue weighted by molar-refractivity contribution is 4.93. The van der Waals surface area contributed by atoms with Crippen molar-refractivity contribution in [1.29, 1.82) is 0 Å². The summed E-state index contributed by atoms with van der Waals surface area (Å²) in [5.41, 5.74) is 0. The molecule has 0 amide bonds. The van der Waals surface area contributed by atoms with E-state index in [1.807, 2.05) is 12.2 Å². The third kappa shape index (κ3) is 1.34. The van der Waals surface area contributed by atoms with E-state index < -0.39 is 0 Å². The first-order chi connectivity index (χ1) is 4.33. The lowest BCUT2D eigenvalue weighted by molar-refractivity contribution is 0.128. The molecule has 0 fully saturated rings. The quantitative estimate of drug-likeness (QED) is 0.471. The molecule has 0 N–H and O–H groups in total. The van der Waals surface area contributed by atoms with Crippen LogP contribution in [0.25, 0.3) is 0 Å². The van der Waals surface area contributed by atoms with Crippen LogP contribution >= 0.6 is 0 Å². The molecule has 1 heteroatoms. The fraction of sp³-hybridized carbons (Fsp3) is 0.714. The SMILES string of the molecule is [2H][C@H]1C=C[C@@H](OC)CC1. The normalized spacial score (nSPS) is 39.4. The summed E-state index contributed by atoms with van der Waals surface area (Å²) in [4.78, 5) is 0. The van der Waals surface area contributed by atoms with Gasteiger partial charge in [-0.25, -0.2) is 0 Å². The van der Waals surface area contributed by atoms with Crippen molar-refractivity contribution in [3.8, 4) is 0 Å². The summed E-state index contributed by atoms with van der Waals surface area (Å²) in [6, 6.07) is 0. The van der Waals surface area contributed by atoms with E-state index >= 15 is 0 Å². The number of allylic oxidation sites excluding steroid dienone is 1. The van der Waals surface area contributed by atoms with Gasteiger partial charge < -0.3 is 4.74 Å². The van der Waals surface area contributed by atoms with E-state index in [1.165, 1.54) is 0 Å². The number of methoxy groups -OCH3 is 1. The number of rotatable bonds is 1. The molecule has 1 aliphatic rings. The van der Waals surface area contributed by atoms with E-state index in [0.29, 0.717) is 0 Å². The predicted molar refractivity (Wildman–Crippen MR) is 33.8 cm³/mol. The highest BCUT2D eigenvalue weighted by atomic mass is 16.5. The van der Waals surface area contributed by atoms with Gasteiger partial charge in [0, 0.05) is 8.48 Å². The van der Waals surface area contributed by atoms with Crippen molar-refractivity contribution < 1.29 is 6.11 Å². The summed E-state index contributed by atoms with van der Waals surface area (Å²) >= 11 is 0. The second-order valence-corrected chi connectivity index (χ2v) is 1.97. The van der Waals surface area contributed by atoms with Gasteiger partial charge in [-0.15, -0.1) is 0 Å². The first-order valence-electron chi connectivity index (χ1n) is 3.54. The van der Waals surface area contributed by atoms with Gasteiger partial charge in [-0.1, -0.05) is 12.2 Å². The average molecular weight is 113 g/mol. The van der Waals surface area contributed by atoms with E-state index in [-0.39, 0.29) is 12.5 Å². The van der Waals surface area contributed by atoms with Gasteiger partial charge in [0.1, 0.15) is 0 Å². The average Bonchev–Trinajstić information content (AvgIpc) is 1.90. The Hall–Kier alpha value is -0.300. The van der Waals surface area contributed by atoms with Gasteiger partial charge in [-0.2, -0.15) is 0 Å². The van der Waals surface area contributed by atoms with Crippen molar-refractivity contribution in [2.45, 2.75) is 25.3 Å². The lowest BCUT2D eigenvalue weighted by Gasteiger charge is -2.13. The smallest absolute Gasteiger partial charge is 0.0752 e. The second kappa shape index (κ2) is 2.88. The molecular weight excluding hydrogens is 100 g/mol. The molecule has 0 spiro atoms. The topological polar surface area (TPSA) is 9.23 Å². The Kier molecular flexibility index (Phi) is 1.64. The van der Waals surface area contributed by atoms with Gasteiger partial charge >= 0.3 is 0 Å². The minimum Gasteiger partial charge on any atom is -0.377 e. The largest absolute Gasteiger partial charge is 0.377 e. The van der Waals surface area contributed by atoms with Crippen LogP contribution in [0, 0.1) is 0 Å². The third-order valence-electron chi connectivity index (χ3n) is 1.38. The molecule has 0 saturated heterocycles. The van der Waals surface area contributed by atoms with Gasteiger partial charge in [0.15, 0.2) is 0 Å². The molecule has 1 aliphatic carbocycles. The molecule has 8 heavy (non-hydrogen) atoms. The number of hydrogen-bond donors (Lipinski definition) is 0. The lowest BCUT2D eigenvalue weighted by Crippen LogP contribution is -2.08. The Morgan fingerprint density at radius 2 is 2.75 bits per heavy atom. The van der Waals surface area contributed by atoms with Crippen LogP contribution in [-0.2, 0) is 4.74 Å². The van der Waals surface area contributed by atoms with E-state index in [2.05, 4.69) is 0 Å². The zero-order valence-electron chi connectivity index (χ0n) is 6.13. The summed E-state index contributed by atoms with van der Waals surface area (Å²) in [5, 5.41) is 0. The van der Waals surface area contributed by atoms with Crippen LogP contribution < -0.4 is 0 Å². The number of ether oxygens (including phenoxy) is 1. The van der Waals surface area contributed by atoms with Gasteiger partial charge in [-0.3, -0.25) is 0 Å². The summed E-state index contributed by atoms with van der Waals surface area (Å²) in [6.07, 6.45) is 6.10. The number of hydrogen-bond acceptors (Lipinski definition) is 1. The van der Waals surface area contributed by atoms with E-state index in [4.69, 9.17) is 6.11 Å². The molecule has 0 saturated carbocycles. The van der Waals surface area contributed by atoms with Crippen LogP contribution in [0.1, 0.15) is 20.6 Å². The Morgan fingerprint density at radius 3 is 3.25 bits per heavy atom. The minimum atomic E-state index is 0.0106. The highest BCUT2D eigenvalue weighted by Crippen LogP contribution is 2.11. The van der Waals surface area contributed by atoms with Crippen LogP contribution in [0.3, 0.4) is 0 Å². The van der Waals surface area contributed by atoms with Crippen LogP contribution in [-0.4, -0.2) is 13.2 Å². The Labute approximate surface area is 51.8 Å². The van der Waals surface area contributed by atoms with Crippen molar-refractivity contribution in [1.82, 2.24) is 0 Å². The monoisotopic (exact) mass is 113 g/mol. The second-order valence-electron chi connectivity index (χ2n) is 1.97. The fourth-order valence-electron chi connectivity index (χ4n) is 0.852. The zero-order valence-corrected chi connectivity index (χ0v) is 5.13. The molecule has 1 rings (SSSR count). The summed E-state index contributed by atoms with van der Waals surface area (Å²) < 4.78 is 12.4. The van der Waals surface area contributed by atoms with E-state index in [0.717, 1.165) is 12.8 Å². The lowest BCUT2D eigenvalue weighted by atomic mass is 10.1. The summed E-state index contributed by atoms with van der Waals surface area (Å²) in [6.45, 7) is 0. The molecule has 0 unspecified atom stereocenters. The van der Waals surface area contributed by atoms with Crippen LogP contribution in [0.2, 0.25) is 0 Å². The van der Waals surface area contributed by atoms with Gasteiger partial charge in [0.25, 0.3) is 0 Å². The molecule has 0 heterocycles. The zero-order chi connectivity index (χ0) is 6.69. The molecule has 0 radical (unpaired) electrons. The van der Waals surface area contributed by atoms with Gasteiger partial charge in [0.05, 0.1) is 6.10 Å². The van der Waals surface area contributed by atoms with Crippen molar-refractivity contribution >= 4 is 0 Å². The van der Waals surface area contributed by atoms with Gasteiger partial charge in [0.2, 0.25) is 0 Å². The fourth-order valence-corrected chi connectivity index (χ4v) is 0.852. The van der Waals surface area contributed by atoms with Crippen molar-refractivity contribution in [3.05, 3.63) is 12.2 Å². The highest BCUT2D eigenvalue weighted by Gasteiger charge is 2.04. The first kappa shape index (κ1) is 4.57. The molecule has 2 atom stereocenters. The summed E-state index contributed by atoms with van der Waals surface area (Å²) in [7, 11) is 1.71. The van der Waals surface area contributed by atoms with Crippen molar-refractivity contribution in [3.63, 3.8) is 0 Å². The maximum atomic E-state index is 7.29. The molecule has 0 aromatic rings. The van der Waals surface area contributed by atoms with Crippen LogP contribution in [0.15, 0.2) is 12.2 Å². The first-order valence-corrected chi connectivity index (χ1v) is 2.96. The minimum absolute atomic E-state index is 0.0106. The van der Waals surface area contributed by atoms with Crippen molar-refractivity contribution in [2.75, 3.05) is 7.11 Å². The molecule has 0 bridgehead atoms. The molecule has 0 aromatic heterocycles. The molecular formula is C7H12O. The Morgan fingerprint density at radius 1 is 1.88 bits per heavy atom. The molecule has 0 aliphatic heterocycles. The molecule has 1 nitrogen and oxygen atoms in total. The van der Waals surface area contributed by atoms with E-state index in [1.54, 1.807) is 7.11 Å². The Bertz CT molecular complexity index is 111. The van der Waals surface area contributed by atoms with Crippen LogP contribution in [0.5, 0.6) is 0 Å². The van der Waals surface area contributed by atoms with Crippen molar-refractivity contribution in [2.24, 2.45) is 0 Å². The predicted octanol–water partition coefficient (Wildman–Crippen LogP) is 1.74. The van der Waals surface area contributed by atoms with Crippen LogP contribution in [0.4, 0.5) is 0 Å². The van der Waals surface area contributed by atoms with Gasteiger partial charge in [-0.05, 0) is 19.2 Å². The molecule has 46 valence electrons. The standard InChI is InChI=1S/C7H12O/c1-8-7-5-3-2-4-6-7/h3,5,7H,2,4,6H2,1H3/t7-/m1/s1/i2D/t2-,7+/m0. The maximum Gasteiger partial charge on any atom is 0.0752 e.